The Labute approximate surface area is 136 Å². The first kappa shape index (κ1) is 18.0. The first-order chi connectivity index (χ1) is 10.6. The Hall–Kier alpha value is -2.02. The number of hydrogen-bond donors (Lipinski definition) is 2. The molecule has 0 bridgehead atoms. The zero-order valence-corrected chi connectivity index (χ0v) is 14.1. The summed E-state index contributed by atoms with van der Waals surface area (Å²) < 4.78 is 15.2. The van der Waals surface area contributed by atoms with Crippen molar-refractivity contribution < 1.29 is 19.0 Å². The van der Waals surface area contributed by atoms with E-state index >= 15 is 0 Å². The maximum atomic E-state index is 11.9. The summed E-state index contributed by atoms with van der Waals surface area (Å²) in [6, 6.07) is 3.21. The Kier molecular flexibility index (Phi) is 7.45. The molecule has 2 N–H and O–H groups in total. The van der Waals surface area contributed by atoms with Crippen molar-refractivity contribution in [2.24, 2.45) is 0 Å². The van der Waals surface area contributed by atoms with Crippen LogP contribution < -0.4 is 20.1 Å². The summed E-state index contributed by atoms with van der Waals surface area (Å²) in [7, 11) is 4.35. The smallest absolute Gasteiger partial charge is 0.340 e. The van der Waals surface area contributed by atoms with E-state index in [0.29, 0.717) is 27.9 Å². The van der Waals surface area contributed by atoms with E-state index in [1.54, 1.807) is 12.1 Å². The Balaban J connectivity index is 3.04. The van der Waals surface area contributed by atoms with Gasteiger partial charge in [0, 0.05) is 18.7 Å². The Morgan fingerprint density at radius 1 is 1.18 bits per heavy atom. The molecule has 0 saturated heterocycles. The van der Waals surface area contributed by atoms with Gasteiger partial charge in [-0.2, -0.15) is 0 Å². The van der Waals surface area contributed by atoms with Crippen LogP contribution in [0.5, 0.6) is 11.5 Å². The molecule has 6 nitrogen and oxygen atoms in total. The third kappa shape index (κ3) is 4.77. The molecule has 7 heteroatoms. The number of carbonyl (C=O) groups is 1. The predicted octanol–water partition coefficient (Wildman–Crippen LogP) is 2.58. The minimum Gasteiger partial charge on any atom is -0.493 e. The zero-order chi connectivity index (χ0) is 16.5. The maximum absolute atomic E-state index is 11.9. The summed E-state index contributed by atoms with van der Waals surface area (Å²) in [5.41, 5.74) is 0.818. The molecule has 0 unspecified atom stereocenters. The minimum absolute atomic E-state index is 0.319. The number of carbonyl (C=O) groups excluding carboxylic acids is 1. The van der Waals surface area contributed by atoms with Crippen LogP contribution in [0.3, 0.4) is 0 Å². The van der Waals surface area contributed by atoms with Crippen LogP contribution in [0.15, 0.2) is 12.1 Å². The lowest BCUT2D eigenvalue weighted by Crippen LogP contribution is -2.30. The molecule has 1 aromatic carbocycles. The topological polar surface area (TPSA) is 68.8 Å². The van der Waals surface area contributed by atoms with Crippen molar-refractivity contribution in [1.29, 1.82) is 0 Å². The molecule has 0 amide bonds. The molecule has 0 radical (unpaired) electrons. The van der Waals surface area contributed by atoms with Crippen molar-refractivity contribution in [2.75, 3.05) is 33.2 Å². The number of benzene rings is 1. The lowest BCUT2D eigenvalue weighted by atomic mass is 10.1. The van der Waals surface area contributed by atoms with E-state index in [9.17, 15) is 4.79 Å². The van der Waals surface area contributed by atoms with Crippen molar-refractivity contribution in [1.82, 2.24) is 5.32 Å². The average molecular weight is 326 g/mol. The van der Waals surface area contributed by atoms with Crippen LogP contribution in [-0.2, 0) is 4.74 Å². The van der Waals surface area contributed by atoms with Gasteiger partial charge in [0.05, 0.1) is 32.6 Å². The van der Waals surface area contributed by atoms with E-state index in [1.807, 2.05) is 0 Å². The highest BCUT2D eigenvalue weighted by molar-refractivity contribution is 7.80. The van der Waals surface area contributed by atoms with Crippen LogP contribution in [0, 0.1) is 0 Å². The summed E-state index contributed by atoms with van der Waals surface area (Å²) in [5.74, 6) is 0.451. The first-order valence-corrected chi connectivity index (χ1v) is 7.37. The van der Waals surface area contributed by atoms with E-state index < -0.39 is 5.97 Å². The first-order valence-electron chi connectivity index (χ1n) is 6.96. The van der Waals surface area contributed by atoms with Crippen LogP contribution in [0.4, 0.5) is 5.69 Å². The maximum Gasteiger partial charge on any atom is 0.340 e. The zero-order valence-electron chi connectivity index (χ0n) is 13.3. The van der Waals surface area contributed by atoms with E-state index in [-0.39, 0.29) is 0 Å². The number of unbranched alkanes of at least 4 members (excludes halogenated alkanes) is 1. The van der Waals surface area contributed by atoms with Gasteiger partial charge in [0.2, 0.25) is 0 Å². The van der Waals surface area contributed by atoms with Crippen molar-refractivity contribution in [2.45, 2.75) is 19.8 Å². The number of methoxy groups -OCH3 is 3. The molecule has 0 aliphatic rings. The van der Waals surface area contributed by atoms with Gasteiger partial charge < -0.3 is 24.8 Å². The highest BCUT2D eigenvalue weighted by Gasteiger charge is 2.18. The third-order valence-corrected chi connectivity index (χ3v) is 3.24. The van der Waals surface area contributed by atoms with E-state index in [0.717, 1.165) is 19.4 Å². The Bertz CT molecular complexity index is 535. The number of rotatable bonds is 7. The summed E-state index contributed by atoms with van der Waals surface area (Å²) in [6.07, 6.45) is 2.08. The molecule has 0 aromatic heterocycles. The van der Waals surface area contributed by atoms with Gasteiger partial charge in [0.15, 0.2) is 16.6 Å². The van der Waals surface area contributed by atoms with Crippen LogP contribution in [-0.4, -0.2) is 39.0 Å². The van der Waals surface area contributed by atoms with Gasteiger partial charge in [-0.3, -0.25) is 0 Å². The molecule has 0 heterocycles. The standard InChI is InChI=1S/C15H22N2O4S/c1-5-6-7-16-15(22)17-11-9-13(20-3)12(19-2)8-10(11)14(18)21-4/h8-9H,5-7H2,1-4H3,(H2,16,17,22). The minimum atomic E-state index is -0.486. The molecule has 1 aromatic rings. The fourth-order valence-corrected chi connectivity index (χ4v) is 2.02. The number of thiocarbonyl (C=S) groups is 1. The molecule has 1 rings (SSSR count). The van der Waals surface area contributed by atoms with Crippen LogP contribution in [0.25, 0.3) is 0 Å². The van der Waals surface area contributed by atoms with E-state index in [2.05, 4.69) is 17.6 Å². The number of hydrogen-bond acceptors (Lipinski definition) is 5. The van der Waals surface area contributed by atoms with Gasteiger partial charge in [-0.1, -0.05) is 13.3 Å². The average Bonchev–Trinajstić information content (AvgIpc) is 2.53. The Morgan fingerprint density at radius 3 is 2.36 bits per heavy atom. The fraction of sp³-hybridized carbons (Fsp3) is 0.467. The van der Waals surface area contributed by atoms with Gasteiger partial charge in [-0.25, -0.2) is 4.79 Å². The second kappa shape index (κ2) is 9.09. The monoisotopic (exact) mass is 326 g/mol. The normalized spacial score (nSPS) is 9.82. The van der Waals surface area contributed by atoms with Gasteiger partial charge in [-0.15, -0.1) is 0 Å². The predicted molar refractivity (Wildman–Crippen MR) is 90.0 cm³/mol. The molecule has 0 atom stereocenters. The van der Waals surface area contributed by atoms with Gasteiger partial charge >= 0.3 is 5.97 Å². The van der Waals surface area contributed by atoms with Crippen LogP contribution in [0.1, 0.15) is 30.1 Å². The number of anilines is 1. The van der Waals surface area contributed by atoms with Gasteiger partial charge in [-0.05, 0) is 18.6 Å². The van der Waals surface area contributed by atoms with Crippen molar-refractivity contribution in [3.63, 3.8) is 0 Å². The highest BCUT2D eigenvalue weighted by atomic mass is 32.1. The van der Waals surface area contributed by atoms with E-state index in [1.165, 1.54) is 21.3 Å². The molecule has 0 aliphatic carbocycles. The molecular weight excluding hydrogens is 304 g/mol. The van der Waals surface area contributed by atoms with Crippen molar-refractivity contribution in [3.05, 3.63) is 17.7 Å². The lowest BCUT2D eigenvalue weighted by Gasteiger charge is -2.16. The third-order valence-electron chi connectivity index (χ3n) is 2.99. The van der Waals surface area contributed by atoms with Crippen LogP contribution in [0.2, 0.25) is 0 Å². The number of nitrogens with one attached hydrogen (secondary N) is 2. The Morgan fingerprint density at radius 2 is 1.82 bits per heavy atom. The molecule has 122 valence electrons. The molecule has 0 aliphatic heterocycles. The summed E-state index contributed by atoms with van der Waals surface area (Å²) in [5, 5.41) is 6.51. The molecule has 22 heavy (non-hydrogen) atoms. The molecule has 0 fully saturated rings. The van der Waals surface area contributed by atoms with Crippen molar-refractivity contribution >= 4 is 29.0 Å². The molecule has 0 saturated carbocycles. The second-order valence-electron chi connectivity index (χ2n) is 4.48. The summed E-state index contributed by atoms with van der Waals surface area (Å²) in [6.45, 7) is 2.87. The highest BCUT2D eigenvalue weighted by Crippen LogP contribution is 2.33. The number of esters is 1. The van der Waals surface area contributed by atoms with Crippen LogP contribution >= 0.6 is 12.2 Å². The molecule has 0 spiro atoms. The van der Waals surface area contributed by atoms with Gasteiger partial charge in [0.25, 0.3) is 0 Å². The van der Waals surface area contributed by atoms with Gasteiger partial charge in [0.1, 0.15) is 0 Å². The van der Waals surface area contributed by atoms with E-state index in [4.69, 9.17) is 26.4 Å². The largest absolute Gasteiger partial charge is 0.493 e. The second-order valence-corrected chi connectivity index (χ2v) is 4.89. The quantitative estimate of drug-likeness (QED) is 0.453. The number of ether oxygens (including phenoxy) is 3. The lowest BCUT2D eigenvalue weighted by molar-refractivity contribution is 0.0601. The van der Waals surface area contributed by atoms with Crippen molar-refractivity contribution in [3.8, 4) is 11.5 Å². The SMILES string of the molecule is CCCCNC(=S)Nc1cc(OC)c(OC)cc1C(=O)OC. The summed E-state index contributed by atoms with van der Waals surface area (Å²) >= 11 is 5.23. The fourth-order valence-electron chi connectivity index (χ4n) is 1.81. The molecular formula is C15H22N2O4S. The summed E-state index contributed by atoms with van der Waals surface area (Å²) in [4.78, 5) is 11.9.